The maximum Gasteiger partial charge on any atom is 0.223 e. The molecule has 7 nitrogen and oxygen atoms in total. The third-order valence-electron chi connectivity index (χ3n) is 4.64. The summed E-state index contributed by atoms with van der Waals surface area (Å²) in [5.41, 5.74) is 0. The molecule has 2 aliphatic heterocycles. The quantitative estimate of drug-likeness (QED) is 0.422. The number of hydrogen-bond donors (Lipinski definition) is 2. The van der Waals surface area contributed by atoms with E-state index >= 15 is 0 Å². The van der Waals surface area contributed by atoms with Crippen LogP contribution in [0.3, 0.4) is 0 Å². The minimum atomic E-state index is 0.124. The molecule has 2 N–H and O–H groups in total. The van der Waals surface area contributed by atoms with Crippen LogP contribution in [0, 0.1) is 5.92 Å². The molecule has 7 heteroatoms. The number of aliphatic imine (C=N–C) groups is 1. The van der Waals surface area contributed by atoms with Crippen LogP contribution in [0.5, 0.6) is 0 Å². The van der Waals surface area contributed by atoms with Crippen LogP contribution < -0.4 is 10.6 Å². The topological polar surface area (TPSA) is 75.2 Å². The van der Waals surface area contributed by atoms with Crippen LogP contribution in [0.4, 0.5) is 0 Å². The van der Waals surface area contributed by atoms with E-state index in [9.17, 15) is 4.79 Å². The molecule has 0 spiro atoms. The molecule has 0 aromatic rings. The fourth-order valence-corrected chi connectivity index (χ4v) is 3.17. The molecule has 23 heavy (non-hydrogen) atoms. The van der Waals surface area contributed by atoms with Crippen LogP contribution >= 0.6 is 0 Å². The minimum absolute atomic E-state index is 0.124. The Balaban J connectivity index is 1.40. The molecule has 1 saturated carbocycles. The molecule has 2 saturated heterocycles. The summed E-state index contributed by atoms with van der Waals surface area (Å²) in [6.07, 6.45) is 4.63. The number of nitrogens with zero attached hydrogens (tertiary/aromatic N) is 2. The fourth-order valence-electron chi connectivity index (χ4n) is 3.17. The van der Waals surface area contributed by atoms with Gasteiger partial charge in [-0.3, -0.25) is 9.79 Å². The van der Waals surface area contributed by atoms with E-state index in [-0.39, 0.29) is 24.0 Å². The lowest BCUT2D eigenvalue weighted by molar-refractivity contribution is -0.122. The van der Waals surface area contributed by atoms with Crippen LogP contribution in [0.15, 0.2) is 4.99 Å². The van der Waals surface area contributed by atoms with Crippen LogP contribution in [0.25, 0.3) is 0 Å². The zero-order valence-electron chi connectivity index (χ0n) is 13.9. The van der Waals surface area contributed by atoms with Gasteiger partial charge in [0.2, 0.25) is 5.91 Å². The Bertz CT molecular complexity index is 433. The maximum absolute atomic E-state index is 11.6. The average Bonchev–Trinajstić information content (AvgIpc) is 3.29. The summed E-state index contributed by atoms with van der Waals surface area (Å²) in [5.74, 6) is 1.32. The lowest BCUT2D eigenvalue weighted by atomic mass is 10.1. The molecule has 1 aliphatic carbocycles. The SMILES string of the molecule is CN=C(NCCNC(=O)C1CC1)N1CCOC(C2CCCO2)C1. The molecule has 1 amide bonds. The van der Waals surface area contributed by atoms with Crippen molar-refractivity contribution in [3.8, 4) is 0 Å². The van der Waals surface area contributed by atoms with Crippen molar-refractivity contribution in [1.82, 2.24) is 15.5 Å². The molecule has 0 bridgehead atoms. The van der Waals surface area contributed by atoms with Gasteiger partial charge in [0.25, 0.3) is 0 Å². The standard InChI is InChI=1S/C16H28N4O3/c1-17-16(19-7-6-18-15(21)12-4-5-12)20-8-10-23-14(11-20)13-3-2-9-22-13/h12-14H,2-11H2,1H3,(H,17,19)(H,18,21). The van der Waals surface area contributed by atoms with Crippen LogP contribution in [-0.4, -0.2) is 75.4 Å². The van der Waals surface area contributed by atoms with E-state index in [1.165, 1.54) is 0 Å². The highest BCUT2D eigenvalue weighted by Gasteiger charge is 2.32. The first-order valence-corrected chi connectivity index (χ1v) is 8.74. The molecule has 130 valence electrons. The van der Waals surface area contributed by atoms with Gasteiger partial charge in [-0.15, -0.1) is 0 Å². The Morgan fingerprint density at radius 2 is 1.91 bits per heavy atom. The average molecular weight is 324 g/mol. The van der Waals surface area contributed by atoms with Gasteiger partial charge in [0, 0.05) is 45.8 Å². The number of hydrogen-bond acceptors (Lipinski definition) is 4. The Morgan fingerprint density at radius 1 is 1.13 bits per heavy atom. The van der Waals surface area contributed by atoms with Crippen molar-refractivity contribution < 1.29 is 14.3 Å². The zero-order chi connectivity index (χ0) is 16.1. The lowest BCUT2D eigenvalue weighted by Gasteiger charge is -2.37. The third kappa shape index (κ3) is 4.57. The summed E-state index contributed by atoms with van der Waals surface area (Å²) in [7, 11) is 1.79. The van der Waals surface area contributed by atoms with Crippen molar-refractivity contribution in [1.29, 1.82) is 0 Å². The summed E-state index contributed by atoms with van der Waals surface area (Å²) in [6, 6.07) is 0. The fraction of sp³-hybridized carbons (Fsp3) is 0.875. The monoisotopic (exact) mass is 324 g/mol. The normalized spacial score (nSPS) is 28.7. The second kappa shape index (κ2) is 7.97. The minimum Gasteiger partial charge on any atom is -0.375 e. The molecule has 3 fully saturated rings. The predicted octanol–water partition coefficient (Wildman–Crippen LogP) is -0.0322. The highest BCUT2D eigenvalue weighted by atomic mass is 16.5. The number of carbonyl (C=O) groups is 1. The molecule has 0 radical (unpaired) electrons. The highest BCUT2D eigenvalue weighted by molar-refractivity contribution is 5.81. The van der Waals surface area contributed by atoms with Crippen LogP contribution in [0.2, 0.25) is 0 Å². The summed E-state index contributed by atoms with van der Waals surface area (Å²) in [4.78, 5) is 18.2. The van der Waals surface area contributed by atoms with E-state index in [1.54, 1.807) is 7.05 Å². The second-order valence-electron chi connectivity index (χ2n) is 6.45. The number of guanidine groups is 1. The second-order valence-corrected chi connectivity index (χ2v) is 6.45. The smallest absolute Gasteiger partial charge is 0.223 e. The molecule has 2 heterocycles. The molecule has 3 rings (SSSR count). The molecule has 3 aliphatic rings. The van der Waals surface area contributed by atoms with E-state index in [4.69, 9.17) is 9.47 Å². The summed E-state index contributed by atoms with van der Waals surface area (Å²) < 4.78 is 11.6. The molecule has 2 atom stereocenters. The van der Waals surface area contributed by atoms with Crippen LogP contribution in [0.1, 0.15) is 25.7 Å². The number of carbonyl (C=O) groups excluding carboxylic acids is 1. The summed E-state index contributed by atoms with van der Waals surface area (Å²) in [5, 5.41) is 6.29. The van der Waals surface area contributed by atoms with Crippen molar-refractivity contribution in [2.45, 2.75) is 37.9 Å². The Labute approximate surface area is 137 Å². The van der Waals surface area contributed by atoms with Gasteiger partial charge in [-0.05, 0) is 25.7 Å². The zero-order valence-corrected chi connectivity index (χ0v) is 13.9. The number of morpholine rings is 1. The molecule has 2 unspecified atom stereocenters. The van der Waals surface area contributed by atoms with Crippen molar-refractivity contribution >= 4 is 11.9 Å². The highest BCUT2D eigenvalue weighted by Crippen LogP contribution is 2.28. The van der Waals surface area contributed by atoms with Gasteiger partial charge in [-0.1, -0.05) is 0 Å². The molecule has 0 aromatic heterocycles. The van der Waals surface area contributed by atoms with Crippen molar-refractivity contribution in [3.05, 3.63) is 0 Å². The Morgan fingerprint density at radius 3 is 2.61 bits per heavy atom. The first-order chi connectivity index (χ1) is 11.3. The Hall–Kier alpha value is -1.34. The van der Waals surface area contributed by atoms with E-state index in [0.29, 0.717) is 19.7 Å². The first-order valence-electron chi connectivity index (χ1n) is 8.74. The first kappa shape index (κ1) is 16.5. The van der Waals surface area contributed by atoms with Crippen molar-refractivity contribution in [3.63, 3.8) is 0 Å². The van der Waals surface area contributed by atoms with Gasteiger partial charge in [0.1, 0.15) is 6.10 Å². The Kier molecular flexibility index (Phi) is 5.72. The van der Waals surface area contributed by atoms with E-state index < -0.39 is 0 Å². The van der Waals surface area contributed by atoms with Gasteiger partial charge >= 0.3 is 0 Å². The molecular formula is C16H28N4O3. The van der Waals surface area contributed by atoms with Crippen LogP contribution in [-0.2, 0) is 14.3 Å². The molecular weight excluding hydrogens is 296 g/mol. The van der Waals surface area contributed by atoms with Gasteiger partial charge in [0.15, 0.2) is 5.96 Å². The number of amides is 1. The van der Waals surface area contributed by atoms with Crippen molar-refractivity contribution in [2.75, 3.05) is 46.4 Å². The van der Waals surface area contributed by atoms with Gasteiger partial charge < -0.3 is 25.0 Å². The summed E-state index contributed by atoms with van der Waals surface area (Å²) in [6.45, 7) is 4.50. The number of rotatable bonds is 5. The van der Waals surface area contributed by atoms with Crippen molar-refractivity contribution in [2.24, 2.45) is 10.9 Å². The summed E-state index contributed by atoms with van der Waals surface area (Å²) >= 11 is 0. The maximum atomic E-state index is 11.6. The van der Waals surface area contributed by atoms with Gasteiger partial charge in [-0.2, -0.15) is 0 Å². The number of ether oxygens (including phenoxy) is 2. The van der Waals surface area contributed by atoms with E-state index in [2.05, 4.69) is 20.5 Å². The predicted molar refractivity (Wildman–Crippen MR) is 87.4 cm³/mol. The number of nitrogens with one attached hydrogen (secondary N) is 2. The lowest BCUT2D eigenvalue weighted by Crippen LogP contribution is -2.54. The third-order valence-corrected chi connectivity index (χ3v) is 4.64. The molecule has 0 aromatic carbocycles. The largest absolute Gasteiger partial charge is 0.375 e. The van der Waals surface area contributed by atoms with Gasteiger partial charge in [0.05, 0.1) is 12.7 Å². The van der Waals surface area contributed by atoms with Gasteiger partial charge in [-0.25, -0.2) is 0 Å². The van der Waals surface area contributed by atoms with E-state index in [1.807, 2.05) is 0 Å². The van der Waals surface area contributed by atoms with E-state index in [0.717, 1.165) is 51.3 Å².